The Morgan fingerprint density at radius 3 is 3.09 bits per heavy atom. The van der Waals surface area contributed by atoms with Crippen LogP contribution in [0.3, 0.4) is 0 Å². The zero-order chi connectivity index (χ0) is 16.4. The molecule has 3 rings (SSSR count). The Morgan fingerprint density at radius 2 is 2.35 bits per heavy atom. The Labute approximate surface area is 136 Å². The molecule has 2 aromatic rings. The fourth-order valence-corrected chi connectivity index (χ4v) is 3.54. The maximum Gasteiger partial charge on any atom is 0.273 e. The Bertz CT molecular complexity index is 746. The SMILES string of the molecule is NCC1CCCN1C(=O)c1csc(-c2cccc([N+](=O)[O-])c2)n1. The van der Waals surface area contributed by atoms with Crippen LogP contribution >= 0.6 is 11.3 Å². The Morgan fingerprint density at radius 1 is 1.52 bits per heavy atom. The first-order valence-electron chi connectivity index (χ1n) is 7.31. The van der Waals surface area contributed by atoms with Crippen molar-refractivity contribution in [2.45, 2.75) is 18.9 Å². The number of carbonyl (C=O) groups is 1. The minimum absolute atomic E-state index is 0.00770. The summed E-state index contributed by atoms with van der Waals surface area (Å²) in [6, 6.07) is 6.33. The maximum atomic E-state index is 12.5. The zero-order valence-electron chi connectivity index (χ0n) is 12.3. The summed E-state index contributed by atoms with van der Waals surface area (Å²) in [6.07, 6.45) is 1.87. The smallest absolute Gasteiger partial charge is 0.273 e. The van der Waals surface area contributed by atoms with Crippen LogP contribution in [0.15, 0.2) is 29.6 Å². The summed E-state index contributed by atoms with van der Waals surface area (Å²) in [5, 5.41) is 13.2. The van der Waals surface area contributed by atoms with Crippen LogP contribution in [0.25, 0.3) is 10.6 Å². The maximum absolute atomic E-state index is 12.5. The number of nitro benzene ring substituents is 1. The third kappa shape index (κ3) is 3.08. The molecule has 0 aliphatic carbocycles. The molecule has 23 heavy (non-hydrogen) atoms. The van der Waals surface area contributed by atoms with Gasteiger partial charge < -0.3 is 10.6 Å². The molecule has 0 bridgehead atoms. The van der Waals surface area contributed by atoms with Gasteiger partial charge in [-0.25, -0.2) is 4.98 Å². The van der Waals surface area contributed by atoms with Gasteiger partial charge in [-0.3, -0.25) is 14.9 Å². The van der Waals surface area contributed by atoms with Crippen LogP contribution < -0.4 is 5.73 Å². The average molecular weight is 332 g/mol. The average Bonchev–Trinajstić information content (AvgIpc) is 3.23. The lowest BCUT2D eigenvalue weighted by molar-refractivity contribution is -0.384. The number of nitrogens with zero attached hydrogens (tertiary/aromatic N) is 3. The Balaban J connectivity index is 1.84. The molecule has 7 nitrogen and oxygen atoms in total. The molecule has 1 aromatic carbocycles. The Kier molecular flexibility index (Phi) is 4.35. The number of hydrogen-bond donors (Lipinski definition) is 1. The van der Waals surface area contributed by atoms with E-state index in [-0.39, 0.29) is 17.6 Å². The van der Waals surface area contributed by atoms with E-state index in [2.05, 4.69) is 4.98 Å². The number of benzene rings is 1. The third-order valence-electron chi connectivity index (χ3n) is 3.94. The number of nitro groups is 1. The van der Waals surface area contributed by atoms with Crippen LogP contribution in [0.4, 0.5) is 5.69 Å². The first kappa shape index (κ1) is 15.6. The molecular formula is C15H16N4O3S. The number of likely N-dealkylation sites (tertiary alicyclic amines) is 1. The van der Waals surface area contributed by atoms with Gasteiger partial charge in [0.1, 0.15) is 10.7 Å². The summed E-state index contributed by atoms with van der Waals surface area (Å²) in [6.45, 7) is 1.15. The van der Waals surface area contributed by atoms with Crippen molar-refractivity contribution in [3.8, 4) is 10.6 Å². The number of amides is 1. The van der Waals surface area contributed by atoms with Gasteiger partial charge >= 0.3 is 0 Å². The largest absolute Gasteiger partial charge is 0.333 e. The summed E-state index contributed by atoms with van der Waals surface area (Å²) in [5.74, 6) is -0.120. The second-order valence-electron chi connectivity index (χ2n) is 5.38. The molecule has 1 aliphatic heterocycles. The normalized spacial score (nSPS) is 17.4. The molecule has 8 heteroatoms. The molecule has 120 valence electrons. The molecule has 1 amide bonds. The molecule has 0 radical (unpaired) electrons. The molecule has 2 heterocycles. The summed E-state index contributed by atoms with van der Waals surface area (Å²) in [7, 11) is 0. The Hall–Kier alpha value is -2.32. The van der Waals surface area contributed by atoms with Crippen molar-refractivity contribution in [2.75, 3.05) is 13.1 Å². The highest BCUT2D eigenvalue weighted by Gasteiger charge is 2.29. The summed E-state index contributed by atoms with van der Waals surface area (Å²) in [4.78, 5) is 29.1. The van der Waals surface area contributed by atoms with E-state index >= 15 is 0 Å². The van der Waals surface area contributed by atoms with Crippen molar-refractivity contribution in [1.82, 2.24) is 9.88 Å². The number of aromatic nitrogens is 1. The number of nitrogens with two attached hydrogens (primary N) is 1. The molecule has 1 unspecified atom stereocenters. The van der Waals surface area contributed by atoms with E-state index in [1.54, 1.807) is 22.4 Å². The van der Waals surface area contributed by atoms with Crippen molar-refractivity contribution < 1.29 is 9.72 Å². The van der Waals surface area contributed by atoms with Gasteiger partial charge in [-0.2, -0.15) is 0 Å². The van der Waals surface area contributed by atoms with Crippen molar-refractivity contribution in [2.24, 2.45) is 5.73 Å². The van der Waals surface area contributed by atoms with Crippen molar-refractivity contribution in [3.63, 3.8) is 0 Å². The molecule has 1 fully saturated rings. The van der Waals surface area contributed by atoms with Gasteiger partial charge in [0.2, 0.25) is 0 Å². The van der Waals surface area contributed by atoms with E-state index in [1.807, 2.05) is 0 Å². The van der Waals surface area contributed by atoms with E-state index in [0.717, 1.165) is 12.8 Å². The van der Waals surface area contributed by atoms with Gasteiger partial charge in [-0.1, -0.05) is 12.1 Å². The predicted octanol–water partition coefficient (Wildman–Crippen LogP) is 2.28. The van der Waals surface area contributed by atoms with Gasteiger partial charge in [-0.15, -0.1) is 11.3 Å². The number of rotatable bonds is 4. The number of non-ortho nitro benzene ring substituents is 1. The van der Waals surface area contributed by atoms with Crippen LogP contribution in [0.1, 0.15) is 23.3 Å². The molecule has 2 N–H and O–H groups in total. The fourth-order valence-electron chi connectivity index (χ4n) is 2.75. The lowest BCUT2D eigenvalue weighted by Crippen LogP contribution is -2.40. The molecule has 1 aliphatic rings. The molecule has 1 aromatic heterocycles. The van der Waals surface area contributed by atoms with Crippen LogP contribution in [0.2, 0.25) is 0 Å². The van der Waals surface area contributed by atoms with E-state index in [9.17, 15) is 14.9 Å². The second kappa shape index (κ2) is 6.43. The van der Waals surface area contributed by atoms with Gasteiger partial charge in [-0.05, 0) is 12.8 Å². The van der Waals surface area contributed by atoms with Crippen LogP contribution in [-0.4, -0.2) is 39.8 Å². The monoisotopic (exact) mass is 332 g/mol. The number of thiazole rings is 1. The topological polar surface area (TPSA) is 102 Å². The number of carbonyl (C=O) groups excluding carboxylic acids is 1. The van der Waals surface area contributed by atoms with Gasteiger partial charge in [0.05, 0.1) is 4.92 Å². The molecule has 1 saturated heterocycles. The summed E-state index contributed by atoms with van der Waals surface area (Å²) >= 11 is 1.31. The van der Waals surface area contributed by atoms with Crippen molar-refractivity contribution >= 4 is 22.9 Å². The molecule has 1 atom stereocenters. The standard InChI is InChI=1S/C15H16N4O3S/c16-8-12-5-2-6-18(12)15(20)13-9-23-14(17-13)10-3-1-4-11(7-10)19(21)22/h1,3-4,7,9,12H,2,5-6,8,16H2. The third-order valence-corrected chi connectivity index (χ3v) is 4.83. The first-order chi connectivity index (χ1) is 11.1. The lowest BCUT2D eigenvalue weighted by atomic mass is 10.2. The minimum atomic E-state index is -0.445. The first-order valence-corrected chi connectivity index (χ1v) is 8.19. The van der Waals surface area contributed by atoms with E-state index in [1.165, 1.54) is 23.5 Å². The highest BCUT2D eigenvalue weighted by atomic mass is 32.1. The zero-order valence-corrected chi connectivity index (χ0v) is 13.2. The lowest BCUT2D eigenvalue weighted by Gasteiger charge is -2.22. The van der Waals surface area contributed by atoms with Gasteiger partial charge in [0.25, 0.3) is 11.6 Å². The molecular weight excluding hydrogens is 316 g/mol. The summed E-state index contributed by atoms with van der Waals surface area (Å²) in [5.41, 5.74) is 6.72. The van der Waals surface area contributed by atoms with Crippen LogP contribution in [-0.2, 0) is 0 Å². The van der Waals surface area contributed by atoms with E-state index in [4.69, 9.17) is 5.73 Å². The quantitative estimate of drug-likeness (QED) is 0.683. The predicted molar refractivity (Wildman–Crippen MR) is 87.3 cm³/mol. The fraction of sp³-hybridized carbons (Fsp3) is 0.333. The molecule has 0 saturated carbocycles. The van der Waals surface area contributed by atoms with E-state index in [0.29, 0.717) is 29.4 Å². The number of hydrogen-bond acceptors (Lipinski definition) is 6. The highest BCUT2D eigenvalue weighted by molar-refractivity contribution is 7.13. The van der Waals surface area contributed by atoms with Gasteiger partial charge in [0.15, 0.2) is 0 Å². The van der Waals surface area contributed by atoms with Crippen LogP contribution in [0.5, 0.6) is 0 Å². The molecule has 0 spiro atoms. The van der Waals surface area contributed by atoms with E-state index < -0.39 is 4.92 Å². The summed E-state index contributed by atoms with van der Waals surface area (Å²) < 4.78 is 0. The van der Waals surface area contributed by atoms with Crippen molar-refractivity contribution in [1.29, 1.82) is 0 Å². The highest BCUT2D eigenvalue weighted by Crippen LogP contribution is 2.28. The van der Waals surface area contributed by atoms with Crippen LogP contribution in [0, 0.1) is 10.1 Å². The second-order valence-corrected chi connectivity index (χ2v) is 6.23. The van der Waals surface area contributed by atoms with Gasteiger partial charge in [0, 0.05) is 42.2 Å². The van der Waals surface area contributed by atoms with Crippen molar-refractivity contribution in [3.05, 3.63) is 45.5 Å². The minimum Gasteiger partial charge on any atom is -0.333 e.